The number of sulfonamides is 1. The van der Waals surface area contributed by atoms with E-state index in [1.165, 1.54) is 30.3 Å². The van der Waals surface area contributed by atoms with Gasteiger partial charge >= 0.3 is 6.18 Å². The maximum absolute atomic E-state index is 15.4. The fourth-order valence-electron chi connectivity index (χ4n) is 3.97. The normalized spacial score (nSPS) is 14.5. The first-order valence-electron chi connectivity index (χ1n) is 11.3. The van der Waals surface area contributed by atoms with E-state index in [4.69, 9.17) is 0 Å². The summed E-state index contributed by atoms with van der Waals surface area (Å²) in [6.45, 7) is 12.9. The van der Waals surface area contributed by atoms with Crippen LogP contribution in [0.4, 0.5) is 17.6 Å². The minimum atomic E-state index is -4.64. The molecule has 3 aromatic rings. The maximum atomic E-state index is 15.4. The number of halogens is 4. The number of aromatic nitrogens is 1. The summed E-state index contributed by atoms with van der Waals surface area (Å²) in [4.78, 5) is 0. The molecule has 0 fully saturated rings. The number of hydrogen-bond donors (Lipinski definition) is 1. The van der Waals surface area contributed by atoms with Crippen LogP contribution in [0.3, 0.4) is 0 Å². The van der Waals surface area contributed by atoms with E-state index in [1.54, 1.807) is 33.9 Å². The Balaban J connectivity index is 2.25. The van der Waals surface area contributed by atoms with Crippen LogP contribution in [0, 0.1) is 11.2 Å². The van der Waals surface area contributed by atoms with Crippen molar-refractivity contribution >= 4 is 20.9 Å². The van der Waals surface area contributed by atoms with Gasteiger partial charge in [-0.05, 0) is 62.4 Å². The molecule has 0 aliphatic carbocycles. The molecule has 0 radical (unpaired) electrons. The van der Waals surface area contributed by atoms with Gasteiger partial charge in [0, 0.05) is 35.2 Å². The second kappa shape index (κ2) is 8.92. The highest BCUT2D eigenvalue weighted by molar-refractivity contribution is 7.90. The molecule has 0 aliphatic rings. The van der Waals surface area contributed by atoms with E-state index < -0.39 is 38.4 Å². The van der Waals surface area contributed by atoms with Gasteiger partial charge in [0.15, 0.2) is 0 Å². The topological polar surface area (TPSA) is 51.1 Å². The lowest BCUT2D eigenvalue weighted by Crippen LogP contribution is -2.40. The van der Waals surface area contributed by atoms with E-state index >= 15 is 4.39 Å². The van der Waals surface area contributed by atoms with Gasteiger partial charge in [-0.1, -0.05) is 39.0 Å². The number of alkyl halides is 3. The molecule has 4 nitrogen and oxygen atoms in total. The van der Waals surface area contributed by atoms with Gasteiger partial charge < -0.3 is 4.57 Å². The number of benzene rings is 2. The third kappa shape index (κ3) is 5.72. The Hall–Kier alpha value is -2.39. The van der Waals surface area contributed by atoms with Crippen LogP contribution in [0.1, 0.15) is 65.6 Å². The van der Waals surface area contributed by atoms with Crippen molar-refractivity contribution in [1.29, 1.82) is 0 Å². The van der Waals surface area contributed by atoms with Gasteiger partial charge in [-0.25, -0.2) is 17.5 Å². The Morgan fingerprint density at radius 3 is 2.11 bits per heavy atom. The van der Waals surface area contributed by atoms with E-state index in [0.717, 1.165) is 6.07 Å². The molecular formula is C26H32F4N2O2S. The van der Waals surface area contributed by atoms with Crippen molar-refractivity contribution in [3.05, 3.63) is 59.5 Å². The molecule has 1 heterocycles. The summed E-state index contributed by atoms with van der Waals surface area (Å²) in [6.07, 6.45) is -2.89. The number of nitrogens with zero attached hydrogens (tertiary/aromatic N) is 1. The molecule has 1 atom stereocenters. The van der Waals surface area contributed by atoms with E-state index in [1.807, 2.05) is 25.3 Å². The average Bonchev–Trinajstić information content (AvgIpc) is 3.01. The summed E-state index contributed by atoms with van der Waals surface area (Å²) in [6, 6.07) is 6.84. The number of hydrogen-bond acceptors (Lipinski definition) is 2. The van der Waals surface area contributed by atoms with E-state index in [2.05, 4.69) is 4.72 Å². The van der Waals surface area contributed by atoms with Crippen LogP contribution in [0.2, 0.25) is 0 Å². The first-order valence-corrected chi connectivity index (χ1v) is 12.8. The molecule has 1 N–H and O–H groups in total. The van der Waals surface area contributed by atoms with Gasteiger partial charge in [-0.3, -0.25) is 0 Å². The molecule has 1 aromatic heterocycles. The first kappa shape index (κ1) is 27.2. The number of fused-ring (bicyclic) bond motifs is 1. The summed E-state index contributed by atoms with van der Waals surface area (Å²) < 4.78 is 85.3. The minimum Gasteiger partial charge on any atom is -0.347 e. The summed E-state index contributed by atoms with van der Waals surface area (Å²) in [5.74, 6) is -0.810. The van der Waals surface area contributed by atoms with Crippen molar-refractivity contribution in [1.82, 2.24) is 9.29 Å². The van der Waals surface area contributed by atoms with E-state index in [9.17, 15) is 21.6 Å². The Bertz CT molecular complexity index is 1340. The fourth-order valence-corrected chi connectivity index (χ4v) is 4.92. The summed E-state index contributed by atoms with van der Waals surface area (Å²) in [7, 11) is -3.70. The lowest BCUT2D eigenvalue weighted by atomic mass is 9.96. The predicted octanol–water partition coefficient (Wildman–Crippen LogP) is 7.29. The minimum absolute atomic E-state index is 0.159. The first-order chi connectivity index (χ1) is 15.8. The van der Waals surface area contributed by atoms with Crippen molar-refractivity contribution < 1.29 is 26.0 Å². The molecule has 2 aromatic carbocycles. The Kier molecular flexibility index (Phi) is 6.94. The lowest BCUT2D eigenvalue weighted by molar-refractivity contribution is -0.137. The number of nitrogens with one attached hydrogen (secondary N) is 1. The number of rotatable bonds is 5. The Morgan fingerprint density at radius 1 is 0.971 bits per heavy atom. The van der Waals surface area contributed by atoms with Crippen molar-refractivity contribution in [3.8, 4) is 11.1 Å². The van der Waals surface area contributed by atoms with Gasteiger partial charge in [0.2, 0.25) is 10.0 Å². The predicted molar refractivity (Wildman–Crippen MR) is 132 cm³/mol. The highest BCUT2D eigenvalue weighted by atomic mass is 32.2. The van der Waals surface area contributed by atoms with Crippen molar-refractivity contribution in [3.63, 3.8) is 0 Å². The van der Waals surface area contributed by atoms with Crippen molar-refractivity contribution in [2.24, 2.45) is 5.41 Å². The molecule has 9 heteroatoms. The van der Waals surface area contributed by atoms with Crippen LogP contribution < -0.4 is 4.72 Å². The maximum Gasteiger partial charge on any atom is 0.417 e. The molecule has 35 heavy (non-hydrogen) atoms. The van der Waals surface area contributed by atoms with Crippen LogP contribution >= 0.6 is 0 Å². The third-order valence-electron chi connectivity index (χ3n) is 5.77. The SMILES string of the molecule is C[C@@H](NS(=O)(=O)C(C)(C)C)c1cn(CC(C)(C)C)c2cc(-c3ccccc3C(F)(F)F)c(F)cc12. The van der Waals surface area contributed by atoms with Crippen LogP contribution in [-0.2, 0) is 22.7 Å². The summed E-state index contributed by atoms with van der Waals surface area (Å²) in [5.41, 5.74) is -0.440. The van der Waals surface area contributed by atoms with Crippen LogP contribution in [0.15, 0.2) is 42.6 Å². The van der Waals surface area contributed by atoms with Crippen LogP contribution in [0.25, 0.3) is 22.0 Å². The zero-order valence-electron chi connectivity index (χ0n) is 21.0. The quantitative estimate of drug-likeness (QED) is 0.365. The van der Waals surface area contributed by atoms with Gasteiger partial charge in [0.1, 0.15) is 5.82 Å². The molecule has 0 unspecified atom stereocenters. The highest BCUT2D eigenvalue weighted by Gasteiger charge is 2.35. The monoisotopic (exact) mass is 512 g/mol. The molecule has 0 spiro atoms. The second-order valence-electron chi connectivity index (χ2n) is 11.1. The summed E-state index contributed by atoms with van der Waals surface area (Å²) in [5, 5.41) is 0.448. The Morgan fingerprint density at radius 2 is 1.57 bits per heavy atom. The second-order valence-corrected chi connectivity index (χ2v) is 13.6. The molecule has 0 saturated heterocycles. The fraction of sp³-hybridized carbons (Fsp3) is 0.462. The largest absolute Gasteiger partial charge is 0.417 e. The molecule has 192 valence electrons. The zero-order chi connectivity index (χ0) is 26.6. The molecule has 0 saturated carbocycles. The Labute approximate surface area is 204 Å². The molecule has 0 amide bonds. The van der Waals surface area contributed by atoms with Gasteiger partial charge in [0.05, 0.1) is 10.3 Å². The van der Waals surface area contributed by atoms with Crippen molar-refractivity contribution in [2.45, 2.75) is 72.0 Å². The highest BCUT2D eigenvalue weighted by Crippen LogP contribution is 2.40. The molecule has 3 rings (SSSR count). The molecule has 0 aliphatic heterocycles. The van der Waals surface area contributed by atoms with E-state index in [-0.39, 0.29) is 16.5 Å². The average molecular weight is 513 g/mol. The lowest BCUT2D eigenvalue weighted by Gasteiger charge is -2.23. The molecule has 0 bridgehead atoms. The standard InChI is InChI=1S/C26H32F4N2O2S/c1-16(31-35(33,34)25(5,6)7)20-14-32(15-24(2,3)4)23-13-18(22(27)12-19(20)23)17-10-8-9-11-21(17)26(28,29)30/h8-14,16,31H,15H2,1-7H3/t16-/m1/s1. The van der Waals surface area contributed by atoms with Gasteiger partial charge in [-0.2, -0.15) is 13.2 Å². The smallest absolute Gasteiger partial charge is 0.347 e. The van der Waals surface area contributed by atoms with Gasteiger partial charge in [0.25, 0.3) is 0 Å². The van der Waals surface area contributed by atoms with E-state index in [0.29, 0.717) is 23.0 Å². The molecular weight excluding hydrogens is 480 g/mol. The summed E-state index contributed by atoms with van der Waals surface area (Å²) >= 11 is 0. The zero-order valence-corrected chi connectivity index (χ0v) is 21.8. The third-order valence-corrected chi connectivity index (χ3v) is 8.05. The van der Waals surface area contributed by atoms with Gasteiger partial charge in [-0.15, -0.1) is 0 Å². The van der Waals surface area contributed by atoms with Crippen LogP contribution in [-0.4, -0.2) is 17.7 Å². The van der Waals surface area contributed by atoms with Crippen LogP contribution in [0.5, 0.6) is 0 Å². The van der Waals surface area contributed by atoms with Crippen molar-refractivity contribution in [2.75, 3.05) is 0 Å².